The lowest BCUT2D eigenvalue weighted by molar-refractivity contribution is -0.124. The Kier molecular flexibility index (Phi) is 7.37. The van der Waals surface area contributed by atoms with E-state index in [1.54, 1.807) is 9.47 Å². The molecule has 200 valence electrons. The van der Waals surface area contributed by atoms with Gasteiger partial charge in [0.25, 0.3) is 0 Å². The number of carboxylic acids is 1. The molecule has 4 rings (SSSR count). The molecule has 5 N–H and O–H groups in total. The fraction of sp³-hybridized carbons (Fsp3) is 0.500. The van der Waals surface area contributed by atoms with Crippen LogP contribution in [0.25, 0.3) is 10.9 Å². The molecule has 1 aromatic carbocycles. The van der Waals surface area contributed by atoms with Crippen LogP contribution in [0, 0.1) is 5.82 Å². The number of aliphatic hydroxyl groups is 1. The number of pyridine rings is 1. The number of benzene rings is 1. The summed E-state index contributed by atoms with van der Waals surface area (Å²) in [7, 11) is 2.72. The number of amides is 1. The first kappa shape index (κ1) is 26.4. The van der Waals surface area contributed by atoms with Crippen molar-refractivity contribution in [1.29, 1.82) is 0 Å². The number of hydrogen-bond acceptors (Lipinski definition) is 9. The Bertz CT molecular complexity index is 1320. The first-order chi connectivity index (χ1) is 17.6. The number of methoxy groups -OCH3 is 1. The zero-order valence-electron chi connectivity index (χ0n) is 20.7. The first-order valence-corrected chi connectivity index (χ1v) is 11.9. The molecule has 1 aromatic heterocycles. The van der Waals surface area contributed by atoms with Crippen molar-refractivity contribution in [3.05, 3.63) is 33.9 Å². The molecule has 12 nitrogen and oxygen atoms in total. The number of ether oxygens (including phenoxy) is 1. The summed E-state index contributed by atoms with van der Waals surface area (Å²) in [6, 6.07) is -0.895. The quantitative estimate of drug-likeness (QED) is 0.365. The van der Waals surface area contributed by atoms with Crippen LogP contribution in [0.2, 0.25) is 0 Å². The molecule has 1 aliphatic carbocycles. The second-order valence-corrected chi connectivity index (χ2v) is 9.24. The number of aliphatic hydroxyl groups excluding tert-OH is 1. The van der Waals surface area contributed by atoms with Crippen molar-refractivity contribution in [2.24, 2.45) is 10.9 Å². The van der Waals surface area contributed by atoms with E-state index in [9.17, 15) is 24.6 Å². The molecule has 1 saturated carbocycles. The van der Waals surface area contributed by atoms with E-state index < -0.39 is 46.9 Å². The molecule has 0 spiro atoms. The summed E-state index contributed by atoms with van der Waals surface area (Å²) in [6.07, 6.45) is 2.07. The van der Waals surface area contributed by atoms with Gasteiger partial charge in [0.1, 0.15) is 24.4 Å². The minimum atomic E-state index is -1.39. The molecular weight excluding hydrogens is 489 g/mol. The Morgan fingerprint density at radius 3 is 2.59 bits per heavy atom. The van der Waals surface area contributed by atoms with Crippen molar-refractivity contribution in [1.82, 2.24) is 9.88 Å². The number of piperidine rings is 1. The Morgan fingerprint density at radius 2 is 2.03 bits per heavy atom. The zero-order valence-corrected chi connectivity index (χ0v) is 20.7. The molecule has 1 saturated heterocycles. The van der Waals surface area contributed by atoms with E-state index in [0.29, 0.717) is 17.6 Å². The predicted molar refractivity (Wildman–Crippen MR) is 133 cm³/mol. The van der Waals surface area contributed by atoms with Gasteiger partial charge in [-0.2, -0.15) is 0 Å². The Morgan fingerprint density at radius 1 is 1.32 bits per heavy atom. The monoisotopic (exact) mass is 519 g/mol. The minimum Gasteiger partial charge on any atom is -0.492 e. The number of carboxylic acid groups (broad SMARTS) is 1. The van der Waals surface area contributed by atoms with E-state index in [2.05, 4.69) is 10.5 Å². The normalized spacial score (nSPS) is 20.5. The zero-order chi connectivity index (χ0) is 27.0. The summed E-state index contributed by atoms with van der Waals surface area (Å²) in [5.74, 6) is -2.68. The maximum atomic E-state index is 15.7. The van der Waals surface area contributed by atoms with Crippen molar-refractivity contribution in [2.75, 3.05) is 32.2 Å². The van der Waals surface area contributed by atoms with E-state index in [1.165, 1.54) is 27.3 Å². The van der Waals surface area contributed by atoms with Crippen LogP contribution in [0.5, 0.6) is 5.75 Å². The van der Waals surface area contributed by atoms with Crippen LogP contribution in [0.1, 0.15) is 42.6 Å². The number of carbonyl (C=O) groups excluding carboxylic acids is 1. The Hall–Kier alpha value is -3.71. The van der Waals surface area contributed by atoms with Gasteiger partial charge in [-0.3, -0.25) is 9.59 Å². The highest BCUT2D eigenvalue weighted by molar-refractivity contribution is 5.99. The van der Waals surface area contributed by atoms with Gasteiger partial charge < -0.3 is 40.3 Å². The highest BCUT2D eigenvalue weighted by atomic mass is 19.1. The molecule has 37 heavy (non-hydrogen) atoms. The van der Waals surface area contributed by atoms with Crippen LogP contribution in [-0.2, 0) is 9.63 Å². The number of oxime groups is 1. The third-order valence-electron chi connectivity index (χ3n) is 6.68. The number of fused-ring (bicyclic) bond motifs is 1. The largest absolute Gasteiger partial charge is 0.492 e. The predicted octanol–water partition coefficient (Wildman–Crippen LogP) is 0.588. The maximum Gasteiger partial charge on any atom is 0.341 e. The molecule has 2 fully saturated rings. The number of nitrogens with zero attached hydrogens (tertiary/aromatic N) is 3. The molecule has 2 aliphatic rings. The van der Waals surface area contributed by atoms with Gasteiger partial charge in [0, 0.05) is 31.7 Å². The van der Waals surface area contributed by atoms with Crippen LogP contribution in [0.4, 0.5) is 10.1 Å². The fourth-order valence-electron chi connectivity index (χ4n) is 4.61. The number of rotatable bonds is 8. The van der Waals surface area contributed by atoms with Gasteiger partial charge in [0.2, 0.25) is 11.3 Å². The van der Waals surface area contributed by atoms with Gasteiger partial charge >= 0.3 is 5.97 Å². The summed E-state index contributed by atoms with van der Waals surface area (Å²) in [4.78, 5) is 43.8. The number of aromatic carboxylic acids is 1. The summed E-state index contributed by atoms with van der Waals surface area (Å²) >= 11 is 0. The van der Waals surface area contributed by atoms with Crippen molar-refractivity contribution in [3.8, 4) is 5.75 Å². The first-order valence-electron chi connectivity index (χ1n) is 11.9. The standard InChI is InChI=1S/C24H30FN5O7/c1-11(31)18(26)23(33)27-17-10-29(7-6-16(17)28-37-3)20-15(25)8-13-19(22(20)36-2)30(12-4-5-12)9-14(21(13)32)24(34)35/h8-9,11-12,17-18,31H,4-7,10,26H2,1-3H3,(H,27,33)(H,34,35)/b28-16+/t11-,17?,18+/m1/s1. The van der Waals surface area contributed by atoms with E-state index in [1.807, 2.05) is 0 Å². The maximum absolute atomic E-state index is 15.7. The second-order valence-electron chi connectivity index (χ2n) is 9.24. The number of nitrogens with one attached hydrogen (secondary N) is 1. The van der Waals surface area contributed by atoms with Gasteiger partial charge in [-0.15, -0.1) is 0 Å². The van der Waals surface area contributed by atoms with E-state index in [0.717, 1.165) is 18.9 Å². The Labute approximate surface area is 211 Å². The highest BCUT2D eigenvalue weighted by Crippen LogP contribution is 2.44. The third kappa shape index (κ3) is 4.96. The molecule has 1 aliphatic heterocycles. The number of carbonyl (C=O) groups is 2. The smallest absolute Gasteiger partial charge is 0.341 e. The molecule has 2 heterocycles. The number of aromatic nitrogens is 1. The Balaban J connectivity index is 1.81. The van der Waals surface area contributed by atoms with Gasteiger partial charge in [0.15, 0.2) is 11.6 Å². The summed E-state index contributed by atoms with van der Waals surface area (Å²) in [6.45, 7) is 1.75. The molecule has 13 heteroatoms. The molecular formula is C24H30FN5O7. The SMILES string of the molecule is CO/N=C1\CCN(c2c(F)cc3c(=O)c(C(=O)O)cn(C4CC4)c3c2OC)CC1NC(=O)[C@@H](N)[C@@H](C)O. The van der Waals surface area contributed by atoms with E-state index >= 15 is 4.39 Å². The molecule has 0 radical (unpaired) electrons. The van der Waals surface area contributed by atoms with Gasteiger partial charge in [-0.05, 0) is 25.8 Å². The van der Waals surface area contributed by atoms with Crippen molar-refractivity contribution in [2.45, 2.75) is 50.4 Å². The van der Waals surface area contributed by atoms with Crippen LogP contribution >= 0.6 is 0 Å². The van der Waals surface area contributed by atoms with Gasteiger partial charge in [-0.25, -0.2) is 9.18 Å². The van der Waals surface area contributed by atoms with E-state index in [-0.39, 0.29) is 36.0 Å². The number of halogens is 1. The lowest BCUT2D eigenvalue weighted by Gasteiger charge is -2.37. The third-order valence-corrected chi connectivity index (χ3v) is 6.68. The summed E-state index contributed by atoms with van der Waals surface area (Å²) in [5.41, 5.74) is 5.42. The molecule has 3 atom stereocenters. The van der Waals surface area contributed by atoms with Crippen molar-refractivity contribution < 1.29 is 33.8 Å². The lowest BCUT2D eigenvalue weighted by atomic mass is 10.00. The highest BCUT2D eigenvalue weighted by Gasteiger charge is 2.35. The van der Waals surface area contributed by atoms with Crippen LogP contribution in [0.3, 0.4) is 0 Å². The van der Waals surface area contributed by atoms with Gasteiger partial charge in [0.05, 0.1) is 35.9 Å². The lowest BCUT2D eigenvalue weighted by Crippen LogP contribution is -2.58. The average molecular weight is 520 g/mol. The fourth-order valence-corrected chi connectivity index (χ4v) is 4.61. The van der Waals surface area contributed by atoms with Crippen LogP contribution < -0.4 is 26.1 Å². The van der Waals surface area contributed by atoms with Gasteiger partial charge in [-0.1, -0.05) is 5.16 Å². The van der Waals surface area contributed by atoms with Crippen LogP contribution in [0.15, 0.2) is 22.2 Å². The minimum absolute atomic E-state index is 0.0378. The molecule has 2 aromatic rings. The number of hydrogen-bond donors (Lipinski definition) is 4. The summed E-state index contributed by atoms with van der Waals surface area (Å²) in [5, 5.41) is 25.9. The average Bonchev–Trinajstić information content (AvgIpc) is 3.69. The van der Waals surface area contributed by atoms with Crippen molar-refractivity contribution in [3.63, 3.8) is 0 Å². The molecule has 1 amide bonds. The number of nitrogens with two attached hydrogens (primary N) is 1. The number of anilines is 1. The van der Waals surface area contributed by atoms with Crippen LogP contribution in [-0.4, -0.2) is 77.9 Å². The van der Waals surface area contributed by atoms with E-state index in [4.69, 9.17) is 15.3 Å². The topological polar surface area (TPSA) is 169 Å². The second kappa shape index (κ2) is 10.3. The summed E-state index contributed by atoms with van der Waals surface area (Å²) < 4.78 is 23.0. The molecule has 0 bridgehead atoms. The molecule has 1 unspecified atom stereocenters. The van der Waals surface area contributed by atoms with Crippen molar-refractivity contribution >= 4 is 34.2 Å².